The summed E-state index contributed by atoms with van der Waals surface area (Å²) in [5.41, 5.74) is 5.47. The molecule has 160 valence electrons. The number of aliphatic carboxylic acids is 1. The zero-order valence-corrected chi connectivity index (χ0v) is 17.9. The van der Waals surface area contributed by atoms with Gasteiger partial charge in [0, 0.05) is 11.6 Å². The fourth-order valence-electron chi connectivity index (χ4n) is 4.92. The maximum Gasteiger partial charge on any atom is 0.320 e. The molecule has 1 fully saturated rings. The second-order valence-corrected chi connectivity index (χ2v) is 8.40. The van der Waals surface area contributed by atoms with Gasteiger partial charge >= 0.3 is 5.97 Å². The summed E-state index contributed by atoms with van der Waals surface area (Å²) in [6.45, 7) is 0.763. The van der Waals surface area contributed by atoms with E-state index in [1.54, 1.807) is 0 Å². The second kappa shape index (κ2) is 8.93. The number of para-hydroxylation sites is 1. The van der Waals surface area contributed by atoms with E-state index >= 15 is 0 Å². The third-order valence-corrected chi connectivity index (χ3v) is 6.47. The minimum Gasteiger partial charge on any atom is -0.480 e. The van der Waals surface area contributed by atoms with Gasteiger partial charge in [0.05, 0.1) is 11.6 Å². The summed E-state index contributed by atoms with van der Waals surface area (Å²) in [5, 5.41) is 11.1. The van der Waals surface area contributed by atoms with Crippen molar-refractivity contribution >= 4 is 16.9 Å². The lowest BCUT2D eigenvalue weighted by Crippen LogP contribution is -2.46. The molecule has 3 aromatic carbocycles. The van der Waals surface area contributed by atoms with Gasteiger partial charge in [0.25, 0.3) is 0 Å². The number of benzene rings is 3. The topological polar surface area (TPSA) is 53.4 Å². The van der Waals surface area contributed by atoms with Crippen molar-refractivity contribution in [2.75, 3.05) is 6.54 Å². The van der Waals surface area contributed by atoms with E-state index in [4.69, 9.17) is 0 Å². The van der Waals surface area contributed by atoms with Crippen LogP contribution in [0.3, 0.4) is 0 Å². The molecule has 4 heteroatoms. The van der Waals surface area contributed by atoms with E-state index in [1.807, 2.05) is 48.7 Å². The second-order valence-electron chi connectivity index (χ2n) is 8.40. The van der Waals surface area contributed by atoms with Crippen molar-refractivity contribution in [3.8, 4) is 11.1 Å². The Morgan fingerprint density at radius 2 is 1.59 bits per heavy atom. The molecule has 0 bridgehead atoms. The van der Waals surface area contributed by atoms with E-state index in [0.29, 0.717) is 6.42 Å². The summed E-state index contributed by atoms with van der Waals surface area (Å²) in [7, 11) is 0. The van der Waals surface area contributed by atoms with Gasteiger partial charge < -0.3 is 5.11 Å². The Labute approximate surface area is 188 Å². The summed E-state index contributed by atoms with van der Waals surface area (Å²) < 4.78 is 0. The van der Waals surface area contributed by atoms with Crippen LogP contribution in [0.2, 0.25) is 0 Å². The maximum absolute atomic E-state index is 12.2. The van der Waals surface area contributed by atoms with Crippen LogP contribution in [0.25, 0.3) is 22.0 Å². The van der Waals surface area contributed by atoms with Gasteiger partial charge in [0.15, 0.2) is 0 Å². The van der Waals surface area contributed by atoms with E-state index < -0.39 is 12.0 Å². The summed E-state index contributed by atoms with van der Waals surface area (Å²) in [6.07, 6.45) is 4.47. The van der Waals surface area contributed by atoms with Crippen LogP contribution in [0.5, 0.6) is 0 Å². The lowest BCUT2D eigenvalue weighted by Gasteiger charge is -2.40. The largest absolute Gasteiger partial charge is 0.480 e. The number of pyridine rings is 1. The molecule has 1 aromatic heterocycles. The Morgan fingerprint density at radius 3 is 2.38 bits per heavy atom. The first-order valence-electron chi connectivity index (χ1n) is 11.2. The monoisotopic (exact) mass is 422 g/mol. The number of carboxylic acids is 1. The molecule has 0 saturated carbocycles. The smallest absolute Gasteiger partial charge is 0.320 e. The first-order valence-corrected chi connectivity index (χ1v) is 11.2. The third-order valence-electron chi connectivity index (χ3n) is 6.47. The average molecular weight is 423 g/mol. The molecule has 4 aromatic rings. The van der Waals surface area contributed by atoms with Crippen molar-refractivity contribution in [2.45, 2.75) is 31.3 Å². The Kier molecular flexibility index (Phi) is 5.70. The highest BCUT2D eigenvalue weighted by Gasteiger charge is 2.35. The third kappa shape index (κ3) is 3.90. The van der Waals surface area contributed by atoms with Crippen molar-refractivity contribution in [3.63, 3.8) is 0 Å². The summed E-state index contributed by atoms with van der Waals surface area (Å²) in [4.78, 5) is 18.9. The van der Waals surface area contributed by atoms with Crippen molar-refractivity contribution in [1.29, 1.82) is 0 Å². The van der Waals surface area contributed by atoms with Gasteiger partial charge in [-0.25, -0.2) is 0 Å². The lowest BCUT2D eigenvalue weighted by molar-refractivity contribution is -0.145. The first-order chi connectivity index (χ1) is 15.7. The molecule has 2 unspecified atom stereocenters. The van der Waals surface area contributed by atoms with Crippen LogP contribution in [-0.4, -0.2) is 33.5 Å². The van der Waals surface area contributed by atoms with Crippen LogP contribution in [0.15, 0.2) is 91.1 Å². The van der Waals surface area contributed by atoms with Crippen LogP contribution >= 0.6 is 0 Å². The molecule has 32 heavy (non-hydrogen) atoms. The van der Waals surface area contributed by atoms with E-state index in [1.165, 1.54) is 5.56 Å². The molecule has 5 rings (SSSR count). The molecule has 1 aliphatic heterocycles. The van der Waals surface area contributed by atoms with Gasteiger partial charge in [-0.2, -0.15) is 0 Å². The molecular formula is C28H26N2O2. The number of carbonyl (C=O) groups is 1. The Balaban J connectivity index is 1.64. The molecule has 2 atom stereocenters. The van der Waals surface area contributed by atoms with E-state index in [2.05, 4.69) is 52.3 Å². The number of nitrogens with zero attached hydrogens (tertiary/aromatic N) is 2. The van der Waals surface area contributed by atoms with Gasteiger partial charge in [-0.1, -0.05) is 79.2 Å². The SMILES string of the molecule is O=C(O)C1CCCCN1C(c1ccc(-c2ccccc2)cc1)c1ccnc2ccccc12. The van der Waals surface area contributed by atoms with Gasteiger partial charge in [0.2, 0.25) is 0 Å². The minimum absolute atomic E-state index is 0.144. The molecule has 4 nitrogen and oxygen atoms in total. The number of carboxylic acid groups (broad SMARTS) is 1. The highest BCUT2D eigenvalue weighted by atomic mass is 16.4. The van der Waals surface area contributed by atoms with Crippen molar-refractivity contribution in [1.82, 2.24) is 9.88 Å². The molecular weight excluding hydrogens is 396 g/mol. The van der Waals surface area contributed by atoms with Gasteiger partial charge in [-0.05, 0) is 53.8 Å². The van der Waals surface area contributed by atoms with Crippen LogP contribution in [-0.2, 0) is 4.79 Å². The predicted molar refractivity (Wildman–Crippen MR) is 127 cm³/mol. The van der Waals surface area contributed by atoms with E-state index in [-0.39, 0.29) is 6.04 Å². The number of likely N-dealkylation sites (tertiary alicyclic amines) is 1. The summed E-state index contributed by atoms with van der Waals surface area (Å²) >= 11 is 0. The maximum atomic E-state index is 12.2. The highest BCUT2D eigenvalue weighted by molar-refractivity contribution is 5.83. The Bertz CT molecular complexity index is 1220. The zero-order valence-electron chi connectivity index (χ0n) is 17.9. The number of hydrogen-bond acceptors (Lipinski definition) is 3. The van der Waals surface area contributed by atoms with Crippen LogP contribution in [0.1, 0.15) is 36.4 Å². The number of hydrogen-bond donors (Lipinski definition) is 1. The summed E-state index contributed by atoms with van der Waals surface area (Å²) in [5.74, 6) is -0.742. The predicted octanol–water partition coefficient (Wildman–Crippen LogP) is 5.93. The Morgan fingerprint density at radius 1 is 0.875 bits per heavy atom. The molecule has 0 amide bonds. The molecule has 1 saturated heterocycles. The molecule has 1 N–H and O–H groups in total. The van der Waals surface area contributed by atoms with Crippen molar-refractivity contribution < 1.29 is 9.90 Å². The van der Waals surface area contributed by atoms with Crippen LogP contribution < -0.4 is 0 Å². The van der Waals surface area contributed by atoms with Gasteiger partial charge in [0.1, 0.15) is 6.04 Å². The van der Waals surface area contributed by atoms with Crippen molar-refractivity contribution in [2.24, 2.45) is 0 Å². The molecule has 1 aliphatic rings. The molecule has 0 spiro atoms. The standard InChI is InChI=1S/C28H26N2O2/c31-28(32)26-12-6-7-19-30(26)27(24-17-18-29-25-11-5-4-10-23(24)25)22-15-13-21(14-16-22)20-8-2-1-3-9-20/h1-5,8-11,13-18,26-27H,6-7,12,19H2,(H,31,32). The fraction of sp³-hybridized carbons (Fsp3) is 0.214. The number of aromatic nitrogens is 1. The fourth-order valence-corrected chi connectivity index (χ4v) is 4.92. The molecule has 2 heterocycles. The van der Waals surface area contributed by atoms with Crippen LogP contribution in [0, 0.1) is 0 Å². The number of fused-ring (bicyclic) bond motifs is 1. The van der Waals surface area contributed by atoms with Crippen LogP contribution in [0.4, 0.5) is 0 Å². The number of rotatable bonds is 5. The normalized spacial score (nSPS) is 17.8. The average Bonchev–Trinajstić information content (AvgIpc) is 2.85. The summed E-state index contributed by atoms with van der Waals surface area (Å²) in [6, 6.07) is 28.4. The lowest BCUT2D eigenvalue weighted by atomic mass is 9.89. The quantitative estimate of drug-likeness (QED) is 0.433. The zero-order chi connectivity index (χ0) is 21.9. The highest BCUT2D eigenvalue weighted by Crippen LogP contribution is 2.37. The minimum atomic E-state index is -0.742. The number of piperidine rings is 1. The van der Waals surface area contributed by atoms with E-state index in [0.717, 1.165) is 47.0 Å². The molecule has 0 aliphatic carbocycles. The van der Waals surface area contributed by atoms with Gasteiger partial charge in [-0.3, -0.25) is 14.7 Å². The van der Waals surface area contributed by atoms with E-state index in [9.17, 15) is 9.90 Å². The Hall–Kier alpha value is -3.50. The van der Waals surface area contributed by atoms with Crippen molar-refractivity contribution in [3.05, 3.63) is 102 Å². The molecule has 0 radical (unpaired) electrons. The first kappa shape index (κ1) is 20.4. The van der Waals surface area contributed by atoms with Gasteiger partial charge in [-0.15, -0.1) is 0 Å².